The molecule has 10 heteroatoms. The summed E-state index contributed by atoms with van der Waals surface area (Å²) in [5.41, 5.74) is 5.76. The average Bonchev–Trinajstić information content (AvgIpc) is 3.10. The lowest BCUT2D eigenvalue weighted by molar-refractivity contribution is 0.598. The Morgan fingerprint density at radius 3 is 2.68 bits per heavy atom. The largest absolute Gasteiger partial charge is 0.329 e. The third-order valence-corrected chi connectivity index (χ3v) is 7.31. The Morgan fingerprint density at radius 2 is 1.88 bits per heavy atom. The highest BCUT2D eigenvalue weighted by molar-refractivity contribution is 7.89. The molecule has 2 heterocycles. The van der Waals surface area contributed by atoms with Gasteiger partial charge in [-0.25, -0.2) is 18.5 Å². The summed E-state index contributed by atoms with van der Waals surface area (Å²) in [7, 11) is 0.141. The molecule has 0 aliphatic heterocycles. The standard InChI is InChI=1S/C24H27N7O2S/c1-15-19-12-11-17(14-22(19)29-31(15)3)30(2)23-20-9-4-5-10-21(20)27-24(28-23)26-16-7-6-8-18(13-16)34(25,32)33/h6-8,11-14H,4-5,9-10H2,1-3H3,(H2,25,32,33)(H,26,27,28). The van der Waals surface area contributed by atoms with Gasteiger partial charge in [-0.3, -0.25) is 4.68 Å². The van der Waals surface area contributed by atoms with Gasteiger partial charge in [0.15, 0.2) is 0 Å². The first-order chi connectivity index (χ1) is 16.2. The highest BCUT2D eigenvalue weighted by Crippen LogP contribution is 2.34. The molecule has 0 amide bonds. The normalized spacial score (nSPS) is 13.6. The molecule has 176 valence electrons. The van der Waals surface area contributed by atoms with Crippen molar-refractivity contribution in [1.29, 1.82) is 0 Å². The number of aryl methyl sites for hydroxylation is 3. The number of benzene rings is 2. The fraction of sp³-hybridized carbons (Fsp3) is 0.292. The van der Waals surface area contributed by atoms with Gasteiger partial charge >= 0.3 is 0 Å². The minimum atomic E-state index is -3.81. The maximum Gasteiger partial charge on any atom is 0.238 e. The zero-order chi connectivity index (χ0) is 24.0. The molecule has 0 saturated carbocycles. The van der Waals surface area contributed by atoms with Gasteiger partial charge in [0.25, 0.3) is 0 Å². The number of fused-ring (bicyclic) bond motifs is 2. The van der Waals surface area contributed by atoms with E-state index in [0.29, 0.717) is 11.6 Å². The minimum Gasteiger partial charge on any atom is -0.329 e. The number of nitrogens with one attached hydrogen (secondary N) is 1. The number of sulfonamides is 1. The van der Waals surface area contributed by atoms with Crippen LogP contribution in [0.5, 0.6) is 0 Å². The summed E-state index contributed by atoms with van der Waals surface area (Å²) in [5, 5.41) is 14.2. The highest BCUT2D eigenvalue weighted by Gasteiger charge is 2.22. The van der Waals surface area contributed by atoms with Crippen LogP contribution in [0.25, 0.3) is 10.9 Å². The lowest BCUT2D eigenvalue weighted by atomic mass is 9.96. The van der Waals surface area contributed by atoms with Gasteiger partial charge in [-0.2, -0.15) is 10.1 Å². The van der Waals surface area contributed by atoms with E-state index >= 15 is 0 Å². The Balaban J connectivity index is 1.55. The maximum atomic E-state index is 11.8. The molecular formula is C24H27N7O2S. The molecular weight excluding hydrogens is 450 g/mol. The zero-order valence-electron chi connectivity index (χ0n) is 19.4. The molecule has 3 N–H and O–H groups in total. The number of hydrogen-bond acceptors (Lipinski definition) is 7. The van der Waals surface area contributed by atoms with Gasteiger partial charge in [-0.05, 0) is 69.0 Å². The first-order valence-corrected chi connectivity index (χ1v) is 12.7. The van der Waals surface area contributed by atoms with Crippen LogP contribution in [0.3, 0.4) is 0 Å². The van der Waals surface area contributed by atoms with Crippen molar-refractivity contribution in [2.45, 2.75) is 37.5 Å². The molecule has 5 rings (SSSR count). The lowest BCUT2D eigenvalue weighted by Gasteiger charge is -2.26. The molecule has 9 nitrogen and oxygen atoms in total. The fourth-order valence-electron chi connectivity index (χ4n) is 4.44. The van der Waals surface area contributed by atoms with Crippen molar-refractivity contribution in [1.82, 2.24) is 19.7 Å². The van der Waals surface area contributed by atoms with Crippen LogP contribution in [0.4, 0.5) is 23.1 Å². The quantitative estimate of drug-likeness (QED) is 0.450. The summed E-state index contributed by atoms with van der Waals surface area (Å²) >= 11 is 0. The molecule has 2 aromatic carbocycles. The Hall–Kier alpha value is -3.50. The van der Waals surface area contributed by atoms with E-state index in [4.69, 9.17) is 15.1 Å². The first-order valence-electron chi connectivity index (χ1n) is 11.2. The summed E-state index contributed by atoms with van der Waals surface area (Å²) in [4.78, 5) is 11.7. The van der Waals surface area contributed by atoms with E-state index in [2.05, 4.69) is 40.4 Å². The molecule has 0 saturated heterocycles. The fourth-order valence-corrected chi connectivity index (χ4v) is 5.00. The lowest BCUT2D eigenvalue weighted by Crippen LogP contribution is -2.19. The minimum absolute atomic E-state index is 0.0340. The molecule has 0 spiro atoms. The van der Waals surface area contributed by atoms with Crippen LogP contribution < -0.4 is 15.4 Å². The number of aromatic nitrogens is 4. The first kappa shape index (κ1) is 22.3. The van der Waals surface area contributed by atoms with Gasteiger partial charge in [0.2, 0.25) is 16.0 Å². The zero-order valence-corrected chi connectivity index (χ0v) is 20.2. The second kappa shape index (κ2) is 8.37. The van der Waals surface area contributed by atoms with E-state index in [9.17, 15) is 8.42 Å². The monoisotopic (exact) mass is 477 g/mol. The van der Waals surface area contributed by atoms with Crippen molar-refractivity contribution in [3.8, 4) is 0 Å². The summed E-state index contributed by atoms with van der Waals surface area (Å²) in [6.45, 7) is 2.06. The second-order valence-electron chi connectivity index (χ2n) is 8.67. The van der Waals surface area contributed by atoms with E-state index in [0.717, 1.165) is 65.0 Å². The van der Waals surface area contributed by atoms with E-state index in [-0.39, 0.29) is 4.90 Å². The molecule has 1 aliphatic carbocycles. The average molecular weight is 478 g/mol. The van der Waals surface area contributed by atoms with Gasteiger partial charge in [0.1, 0.15) is 5.82 Å². The van der Waals surface area contributed by atoms with Crippen molar-refractivity contribution < 1.29 is 8.42 Å². The van der Waals surface area contributed by atoms with Crippen molar-refractivity contribution in [2.24, 2.45) is 12.2 Å². The van der Waals surface area contributed by atoms with Gasteiger partial charge in [0, 0.05) is 42.1 Å². The van der Waals surface area contributed by atoms with Gasteiger partial charge in [-0.15, -0.1) is 0 Å². The second-order valence-corrected chi connectivity index (χ2v) is 10.2. The summed E-state index contributed by atoms with van der Waals surface area (Å²) < 4.78 is 25.4. The van der Waals surface area contributed by atoms with Crippen molar-refractivity contribution in [3.63, 3.8) is 0 Å². The number of nitrogens with zero attached hydrogens (tertiary/aromatic N) is 5. The number of rotatable bonds is 5. The van der Waals surface area contributed by atoms with Crippen molar-refractivity contribution in [3.05, 3.63) is 59.4 Å². The molecule has 0 bridgehead atoms. The summed E-state index contributed by atoms with van der Waals surface area (Å²) in [5.74, 6) is 1.26. The Bertz CT molecular complexity index is 1510. The number of hydrogen-bond donors (Lipinski definition) is 2. The molecule has 1 aliphatic rings. The van der Waals surface area contributed by atoms with Crippen LogP contribution in [0.15, 0.2) is 47.4 Å². The van der Waals surface area contributed by atoms with E-state index < -0.39 is 10.0 Å². The number of primary sulfonamides is 1. The third kappa shape index (κ3) is 4.10. The molecule has 4 aromatic rings. The van der Waals surface area contributed by atoms with Gasteiger partial charge in [0.05, 0.1) is 16.1 Å². The predicted octanol–water partition coefficient (Wildman–Crippen LogP) is 3.71. The number of anilines is 4. The van der Waals surface area contributed by atoms with Crippen molar-refractivity contribution >= 4 is 44.1 Å². The van der Waals surface area contributed by atoms with Gasteiger partial charge in [-0.1, -0.05) is 6.07 Å². The molecule has 34 heavy (non-hydrogen) atoms. The van der Waals surface area contributed by atoms with Crippen LogP contribution in [-0.4, -0.2) is 35.2 Å². The van der Waals surface area contributed by atoms with Crippen LogP contribution >= 0.6 is 0 Å². The van der Waals surface area contributed by atoms with Crippen LogP contribution in [0, 0.1) is 6.92 Å². The Labute approximate surface area is 198 Å². The molecule has 0 atom stereocenters. The molecule has 0 radical (unpaired) electrons. The van der Waals surface area contributed by atoms with Gasteiger partial charge < -0.3 is 10.2 Å². The summed E-state index contributed by atoms with van der Waals surface area (Å²) in [6, 6.07) is 12.6. The maximum absolute atomic E-state index is 11.8. The van der Waals surface area contributed by atoms with Crippen molar-refractivity contribution in [2.75, 3.05) is 17.3 Å². The van der Waals surface area contributed by atoms with Crippen LogP contribution in [-0.2, 0) is 29.9 Å². The third-order valence-electron chi connectivity index (χ3n) is 6.40. The highest BCUT2D eigenvalue weighted by atomic mass is 32.2. The molecule has 0 unspecified atom stereocenters. The SMILES string of the molecule is Cc1c2ccc(N(C)c3nc(Nc4cccc(S(N)(=O)=O)c4)nc4c3CCCC4)cc2nn1C. The smallest absolute Gasteiger partial charge is 0.238 e. The van der Waals surface area contributed by atoms with E-state index in [1.54, 1.807) is 12.1 Å². The van der Waals surface area contributed by atoms with E-state index in [1.807, 2.05) is 18.8 Å². The summed E-state index contributed by atoms with van der Waals surface area (Å²) in [6.07, 6.45) is 3.97. The molecule has 2 aromatic heterocycles. The van der Waals surface area contributed by atoms with Crippen LogP contribution in [0.1, 0.15) is 29.8 Å². The van der Waals surface area contributed by atoms with Crippen LogP contribution in [0.2, 0.25) is 0 Å². The number of nitrogens with two attached hydrogens (primary N) is 1. The van der Waals surface area contributed by atoms with E-state index in [1.165, 1.54) is 12.1 Å². The Morgan fingerprint density at radius 1 is 1.09 bits per heavy atom. The Kier molecular flexibility index (Phi) is 5.49. The topological polar surface area (TPSA) is 119 Å². The molecule has 0 fully saturated rings. The predicted molar refractivity (Wildman–Crippen MR) is 133 cm³/mol.